The molecule has 4 heteroatoms. The molecular weight excluding hydrogens is 208 g/mol. The van der Waals surface area contributed by atoms with Crippen molar-refractivity contribution < 1.29 is 8.54 Å². The van der Waals surface area contributed by atoms with Gasteiger partial charge in [-0.25, -0.2) is 0 Å². The van der Waals surface area contributed by atoms with Gasteiger partial charge in [-0.15, -0.1) is 0 Å². The van der Waals surface area contributed by atoms with Gasteiger partial charge in [0.1, 0.15) is 0 Å². The lowest BCUT2D eigenvalue weighted by atomic mass is 9.98. The maximum Gasteiger partial charge on any atom is 0.308 e. The van der Waals surface area contributed by atoms with E-state index in [-0.39, 0.29) is 0 Å². The molecule has 1 aliphatic rings. The molecule has 0 aromatic rings. The molecule has 84 valence electrons. The molecule has 0 bridgehead atoms. The van der Waals surface area contributed by atoms with Gasteiger partial charge < -0.3 is 8.54 Å². The molecule has 14 heavy (non-hydrogen) atoms. The first-order valence-electron chi connectivity index (χ1n) is 5.81. The molecule has 1 atom stereocenters. The molecular formula is C10H24O2Si2. The first-order chi connectivity index (χ1) is 6.47. The summed E-state index contributed by atoms with van der Waals surface area (Å²) in [5.74, 6) is 0. The van der Waals surface area contributed by atoms with Gasteiger partial charge in [0.05, 0.1) is 0 Å². The van der Waals surface area contributed by atoms with E-state index in [2.05, 4.69) is 26.2 Å². The second-order valence-electron chi connectivity index (χ2n) is 5.19. The van der Waals surface area contributed by atoms with Gasteiger partial charge >= 0.3 is 9.28 Å². The van der Waals surface area contributed by atoms with Crippen LogP contribution in [0.5, 0.6) is 0 Å². The first-order valence-corrected chi connectivity index (χ1v) is 11.3. The molecule has 1 saturated carbocycles. The Morgan fingerprint density at radius 2 is 1.64 bits per heavy atom. The van der Waals surface area contributed by atoms with Crippen molar-refractivity contribution in [2.24, 2.45) is 0 Å². The first kappa shape index (κ1) is 12.4. The van der Waals surface area contributed by atoms with Crippen LogP contribution in [-0.2, 0) is 8.54 Å². The van der Waals surface area contributed by atoms with E-state index < -0.39 is 17.6 Å². The number of hydrogen-bond donors (Lipinski definition) is 0. The average molecular weight is 232 g/mol. The van der Waals surface area contributed by atoms with E-state index in [9.17, 15) is 0 Å². The van der Waals surface area contributed by atoms with Crippen molar-refractivity contribution >= 4 is 17.6 Å². The minimum Gasteiger partial charge on any atom is -0.438 e. The van der Waals surface area contributed by atoms with Crippen LogP contribution in [0.15, 0.2) is 0 Å². The quantitative estimate of drug-likeness (QED) is 0.694. The summed E-state index contributed by atoms with van der Waals surface area (Å²) in [5, 5.41) is 0. The van der Waals surface area contributed by atoms with Crippen molar-refractivity contribution in [1.82, 2.24) is 0 Å². The molecule has 0 saturated heterocycles. The van der Waals surface area contributed by atoms with Gasteiger partial charge in [0, 0.05) is 6.10 Å². The smallest absolute Gasteiger partial charge is 0.308 e. The summed E-state index contributed by atoms with van der Waals surface area (Å²) in [7, 11) is -2.71. The van der Waals surface area contributed by atoms with Crippen LogP contribution >= 0.6 is 0 Å². The molecule has 1 unspecified atom stereocenters. The number of hydrogen-bond acceptors (Lipinski definition) is 2. The lowest BCUT2D eigenvalue weighted by Gasteiger charge is -2.29. The fourth-order valence-electron chi connectivity index (χ4n) is 2.00. The Kier molecular flexibility index (Phi) is 4.83. The Balaban J connectivity index is 2.21. The minimum absolute atomic E-state index is 0.516. The van der Waals surface area contributed by atoms with Crippen molar-refractivity contribution in [1.29, 1.82) is 0 Å². The van der Waals surface area contributed by atoms with Crippen LogP contribution in [0.3, 0.4) is 0 Å². The highest BCUT2D eigenvalue weighted by molar-refractivity contribution is 6.75. The molecule has 1 fully saturated rings. The van der Waals surface area contributed by atoms with Crippen molar-refractivity contribution in [2.75, 3.05) is 0 Å². The van der Waals surface area contributed by atoms with E-state index in [1.807, 2.05) is 0 Å². The van der Waals surface area contributed by atoms with Crippen LogP contribution in [-0.4, -0.2) is 23.7 Å². The van der Waals surface area contributed by atoms with Crippen molar-refractivity contribution in [3.8, 4) is 0 Å². The molecule has 0 aliphatic heterocycles. The fraction of sp³-hybridized carbons (Fsp3) is 1.00. The summed E-state index contributed by atoms with van der Waals surface area (Å²) in [6.45, 7) is 8.88. The Hall–Kier alpha value is 0.354. The zero-order chi connectivity index (χ0) is 10.6. The van der Waals surface area contributed by atoms with E-state index in [4.69, 9.17) is 8.54 Å². The summed E-state index contributed by atoms with van der Waals surface area (Å²) in [6.07, 6.45) is 7.11. The largest absolute Gasteiger partial charge is 0.438 e. The maximum atomic E-state index is 6.02. The van der Waals surface area contributed by atoms with Crippen LogP contribution in [0, 0.1) is 0 Å². The summed E-state index contributed by atoms with van der Waals surface area (Å²) in [6, 6.07) is 0. The monoisotopic (exact) mass is 232 g/mol. The minimum atomic E-state index is -1.37. The lowest BCUT2D eigenvalue weighted by Crippen LogP contribution is -2.37. The SMILES string of the molecule is C[SiH](OC1CCCCC1)O[Si](C)(C)C. The highest BCUT2D eigenvalue weighted by atomic mass is 28.4. The van der Waals surface area contributed by atoms with Crippen LogP contribution in [0.4, 0.5) is 0 Å². The standard InChI is InChI=1S/C10H24O2Si2/c1-13(12-14(2,3)4)11-10-8-6-5-7-9-10/h10,13H,5-9H2,1-4H3. The molecule has 0 spiro atoms. The van der Waals surface area contributed by atoms with Gasteiger partial charge in [-0.1, -0.05) is 19.3 Å². The maximum absolute atomic E-state index is 6.02. The molecule has 0 aromatic carbocycles. The summed E-state index contributed by atoms with van der Waals surface area (Å²) in [4.78, 5) is 0. The molecule has 1 rings (SSSR count). The van der Waals surface area contributed by atoms with Crippen molar-refractivity contribution in [3.05, 3.63) is 0 Å². The highest BCUT2D eigenvalue weighted by Gasteiger charge is 2.23. The van der Waals surface area contributed by atoms with Gasteiger partial charge in [-0.05, 0) is 39.0 Å². The second kappa shape index (κ2) is 5.44. The van der Waals surface area contributed by atoms with Crippen LogP contribution in [0.25, 0.3) is 0 Å². The van der Waals surface area contributed by atoms with Crippen LogP contribution in [0.2, 0.25) is 26.2 Å². The van der Waals surface area contributed by atoms with E-state index in [1.54, 1.807) is 0 Å². The summed E-state index contributed by atoms with van der Waals surface area (Å²) < 4.78 is 12.0. The van der Waals surface area contributed by atoms with Crippen LogP contribution in [0.1, 0.15) is 32.1 Å². The summed E-state index contributed by atoms with van der Waals surface area (Å²) in [5.41, 5.74) is 0. The molecule has 1 aliphatic carbocycles. The van der Waals surface area contributed by atoms with E-state index in [1.165, 1.54) is 32.1 Å². The number of rotatable bonds is 4. The zero-order valence-corrected chi connectivity index (χ0v) is 12.2. The average Bonchev–Trinajstić information content (AvgIpc) is 2.02. The Morgan fingerprint density at radius 1 is 1.07 bits per heavy atom. The van der Waals surface area contributed by atoms with Gasteiger partial charge in [0.15, 0.2) is 8.32 Å². The van der Waals surface area contributed by atoms with Crippen LogP contribution < -0.4 is 0 Å². The molecule has 0 heterocycles. The topological polar surface area (TPSA) is 18.5 Å². The molecule has 2 nitrogen and oxygen atoms in total. The van der Waals surface area contributed by atoms with Gasteiger partial charge in [-0.2, -0.15) is 0 Å². The zero-order valence-electron chi connectivity index (χ0n) is 10.0. The second-order valence-corrected chi connectivity index (χ2v) is 11.8. The Labute approximate surface area is 91.0 Å². The normalized spacial score (nSPS) is 22.3. The molecule has 0 N–H and O–H groups in total. The van der Waals surface area contributed by atoms with Gasteiger partial charge in [0.25, 0.3) is 0 Å². The van der Waals surface area contributed by atoms with E-state index in [0.29, 0.717) is 6.10 Å². The van der Waals surface area contributed by atoms with Crippen molar-refractivity contribution in [2.45, 2.75) is 64.4 Å². The molecule has 0 amide bonds. The third-order valence-corrected chi connectivity index (χ3v) is 7.38. The van der Waals surface area contributed by atoms with Crippen molar-refractivity contribution in [3.63, 3.8) is 0 Å². The summed E-state index contributed by atoms with van der Waals surface area (Å²) >= 11 is 0. The third kappa shape index (κ3) is 5.29. The molecule has 0 radical (unpaired) electrons. The van der Waals surface area contributed by atoms with Gasteiger partial charge in [0.2, 0.25) is 0 Å². The lowest BCUT2D eigenvalue weighted by molar-refractivity contribution is 0.132. The molecule has 0 aromatic heterocycles. The van der Waals surface area contributed by atoms with E-state index in [0.717, 1.165) is 0 Å². The third-order valence-electron chi connectivity index (χ3n) is 2.46. The Bertz CT molecular complexity index is 162. The fourth-order valence-corrected chi connectivity index (χ4v) is 7.02. The Morgan fingerprint density at radius 3 is 2.14 bits per heavy atom. The van der Waals surface area contributed by atoms with E-state index >= 15 is 0 Å². The predicted octanol–water partition coefficient (Wildman–Crippen LogP) is 3.04. The highest BCUT2D eigenvalue weighted by Crippen LogP contribution is 2.21. The predicted molar refractivity (Wildman–Crippen MR) is 65.4 cm³/mol. The van der Waals surface area contributed by atoms with Gasteiger partial charge in [-0.3, -0.25) is 0 Å².